The molecule has 158 valence electrons. The molecule has 0 saturated carbocycles. The smallest absolute Gasteiger partial charge is 0.248 e. The van der Waals surface area contributed by atoms with E-state index in [1.807, 2.05) is 0 Å². The van der Waals surface area contributed by atoms with Crippen LogP contribution in [0.4, 0.5) is 10.3 Å². The summed E-state index contributed by atoms with van der Waals surface area (Å²) in [6.07, 6.45) is 3.41. The molecule has 1 aromatic carbocycles. The second kappa shape index (κ2) is 8.53. The third-order valence-corrected chi connectivity index (χ3v) is 6.76. The molecule has 9 nitrogen and oxygen atoms in total. The van der Waals surface area contributed by atoms with Crippen LogP contribution in [0.5, 0.6) is 0 Å². The molecule has 0 aliphatic heterocycles. The quantitative estimate of drug-likeness (QED) is 0.447. The second-order valence-electron chi connectivity index (χ2n) is 6.12. The highest BCUT2D eigenvalue weighted by Crippen LogP contribution is 2.29. The van der Waals surface area contributed by atoms with Gasteiger partial charge in [0.15, 0.2) is 5.03 Å². The molecule has 0 saturated heterocycles. The Bertz CT molecular complexity index is 1360. The summed E-state index contributed by atoms with van der Waals surface area (Å²) in [6, 6.07) is 9.05. The molecule has 0 unspecified atom stereocenters. The highest BCUT2D eigenvalue weighted by molar-refractivity contribution is 7.91. The molecule has 1 N–H and O–H groups in total. The Hall–Kier alpha value is -3.15. The Morgan fingerprint density at radius 2 is 1.94 bits per heavy atom. The van der Waals surface area contributed by atoms with Crippen LogP contribution in [-0.4, -0.2) is 38.6 Å². The van der Waals surface area contributed by atoms with Crippen LogP contribution >= 0.6 is 23.2 Å². The number of hydrogen-bond acceptors (Lipinski definition) is 8. The number of anilines is 1. The lowest BCUT2D eigenvalue weighted by Crippen LogP contribution is -2.14. The van der Waals surface area contributed by atoms with Gasteiger partial charge in [-0.1, -0.05) is 40.4 Å². The number of sulfone groups is 1. The van der Waals surface area contributed by atoms with Crippen LogP contribution in [0.2, 0.25) is 10.0 Å². The van der Waals surface area contributed by atoms with Crippen LogP contribution in [0.15, 0.2) is 64.9 Å². The van der Waals surface area contributed by atoms with Gasteiger partial charge >= 0.3 is 0 Å². The lowest BCUT2D eigenvalue weighted by molar-refractivity contribution is 0.561. The number of pyridine rings is 2. The van der Waals surface area contributed by atoms with Crippen molar-refractivity contribution in [3.05, 3.63) is 76.4 Å². The number of rotatable bonds is 6. The van der Waals surface area contributed by atoms with Gasteiger partial charge in [0.1, 0.15) is 10.7 Å². The van der Waals surface area contributed by atoms with Crippen molar-refractivity contribution in [2.75, 3.05) is 5.32 Å². The minimum atomic E-state index is -4.25. The Labute approximate surface area is 185 Å². The molecule has 31 heavy (non-hydrogen) atoms. The van der Waals surface area contributed by atoms with Crippen LogP contribution in [-0.2, 0) is 16.4 Å². The molecule has 0 atom stereocenters. The van der Waals surface area contributed by atoms with Gasteiger partial charge in [-0.05, 0) is 34.7 Å². The SMILES string of the molecule is O=S(=O)(c1cnccc1F)c1ncccc1CNc1nnnn1-c1cccc(Cl)c1Cl. The number of aromatic nitrogens is 6. The van der Waals surface area contributed by atoms with Gasteiger partial charge in [-0.25, -0.2) is 17.8 Å². The van der Waals surface area contributed by atoms with E-state index >= 15 is 0 Å². The van der Waals surface area contributed by atoms with E-state index in [-0.39, 0.29) is 28.1 Å². The Morgan fingerprint density at radius 3 is 2.74 bits per heavy atom. The van der Waals surface area contributed by atoms with E-state index < -0.39 is 20.5 Å². The molecule has 0 fully saturated rings. The molecule has 0 spiro atoms. The minimum absolute atomic E-state index is 0.0250. The fourth-order valence-electron chi connectivity index (χ4n) is 2.76. The zero-order valence-corrected chi connectivity index (χ0v) is 17.8. The maximum atomic E-state index is 14.1. The number of nitrogens with zero attached hydrogens (tertiary/aromatic N) is 6. The minimum Gasteiger partial charge on any atom is -0.349 e. The molecule has 0 aliphatic carbocycles. The van der Waals surface area contributed by atoms with Gasteiger partial charge in [0.2, 0.25) is 15.8 Å². The maximum absolute atomic E-state index is 14.1. The maximum Gasteiger partial charge on any atom is 0.248 e. The number of tetrazole rings is 1. The summed E-state index contributed by atoms with van der Waals surface area (Å²) in [5.41, 5.74) is 0.704. The molecular formula is C18H12Cl2FN7O2S. The van der Waals surface area contributed by atoms with Gasteiger partial charge in [0, 0.05) is 30.7 Å². The molecule has 13 heteroatoms. The van der Waals surface area contributed by atoms with E-state index in [0.29, 0.717) is 10.7 Å². The highest BCUT2D eigenvalue weighted by atomic mass is 35.5. The van der Waals surface area contributed by atoms with E-state index in [9.17, 15) is 12.8 Å². The van der Waals surface area contributed by atoms with E-state index in [2.05, 4.69) is 30.8 Å². The molecule has 4 aromatic rings. The zero-order valence-electron chi connectivity index (χ0n) is 15.4. The number of benzene rings is 1. The summed E-state index contributed by atoms with van der Waals surface area (Å²) < 4.78 is 41.3. The Balaban J connectivity index is 1.66. The van der Waals surface area contributed by atoms with Crippen LogP contribution in [0.1, 0.15) is 5.56 Å². The van der Waals surface area contributed by atoms with Gasteiger partial charge in [0.25, 0.3) is 0 Å². The third kappa shape index (κ3) is 4.07. The Kier molecular flexibility index (Phi) is 5.81. The van der Waals surface area contributed by atoms with Crippen molar-refractivity contribution in [2.24, 2.45) is 0 Å². The fraction of sp³-hybridized carbons (Fsp3) is 0.0556. The van der Waals surface area contributed by atoms with Crippen molar-refractivity contribution in [3.8, 4) is 5.69 Å². The molecule has 3 heterocycles. The summed E-state index contributed by atoms with van der Waals surface area (Å²) in [5, 5.41) is 14.6. The van der Waals surface area contributed by atoms with Gasteiger partial charge in [-0.15, -0.1) is 0 Å². The molecule has 3 aromatic heterocycles. The van der Waals surface area contributed by atoms with Crippen LogP contribution in [0, 0.1) is 5.82 Å². The number of halogens is 3. The van der Waals surface area contributed by atoms with Gasteiger partial charge < -0.3 is 5.32 Å². The first-order valence-electron chi connectivity index (χ1n) is 8.64. The van der Waals surface area contributed by atoms with E-state index in [0.717, 1.165) is 18.5 Å². The summed E-state index contributed by atoms with van der Waals surface area (Å²) >= 11 is 12.3. The molecule has 0 amide bonds. The van der Waals surface area contributed by atoms with Gasteiger partial charge in [-0.3, -0.25) is 4.98 Å². The average molecular weight is 480 g/mol. The van der Waals surface area contributed by atoms with Crippen LogP contribution in [0.25, 0.3) is 5.69 Å². The predicted molar refractivity (Wildman–Crippen MR) is 110 cm³/mol. The summed E-state index contributed by atoms with van der Waals surface area (Å²) in [6.45, 7) is -0.0250. The van der Waals surface area contributed by atoms with Crippen molar-refractivity contribution in [1.82, 2.24) is 30.2 Å². The Morgan fingerprint density at radius 1 is 1.10 bits per heavy atom. The lowest BCUT2D eigenvalue weighted by Gasteiger charge is -2.12. The lowest BCUT2D eigenvalue weighted by atomic mass is 10.3. The largest absolute Gasteiger partial charge is 0.349 e. The molecule has 0 aliphatic rings. The average Bonchev–Trinajstić information content (AvgIpc) is 3.23. The fourth-order valence-corrected chi connectivity index (χ4v) is 4.55. The van der Waals surface area contributed by atoms with Crippen molar-refractivity contribution in [2.45, 2.75) is 16.5 Å². The molecule has 4 rings (SSSR count). The summed E-state index contributed by atoms with van der Waals surface area (Å²) in [5.74, 6) is -0.733. The first-order valence-corrected chi connectivity index (χ1v) is 10.9. The van der Waals surface area contributed by atoms with Crippen LogP contribution in [0.3, 0.4) is 0 Å². The van der Waals surface area contributed by atoms with Crippen molar-refractivity contribution in [1.29, 1.82) is 0 Å². The first-order chi connectivity index (χ1) is 14.9. The highest BCUT2D eigenvalue weighted by Gasteiger charge is 2.26. The predicted octanol–water partition coefficient (Wildman–Crippen LogP) is 3.34. The monoisotopic (exact) mass is 479 g/mol. The van der Waals surface area contributed by atoms with Crippen LogP contribution < -0.4 is 5.32 Å². The van der Waals surface area contributed by atoms with Gasteiger partial charge in [0.05, 0.1) is 15.7 Å². The summed E-state index contributed by atoms with van der Waals surface area (Å²) in [7, 11) is -4.25. The normalized spacial score (nSPS) is 11.5. The van der Waals surface area contributed by atoms with E-state index in [4.69, 9.17) is 23.2 Å². The van der Waals surface area contributed by atoms with Crippen molar-refractivity contribution < 1.29 is 12.8 Å². The first kappa shape index (κ1) is 21.1. The summed E-state index contributed by atoms with van der Waals surface area (Å²) in [4.78, 5) is 7.09. The van der Waals surface area contributed by atoms with Crippen molar-refractivity contribution in [3.63, 3.8) is 0 Å². The molecular weight excluding hydrogens is 468 g/mol. The van der Waals surface area contributed by atoms with Gasteiger partial charge in [-0.2, -0.15) is 4.68 Å². The van der Waals surface area contributed by atoms with Crippen molar-refractivity contribution >= 4 is 39.0 Å². The molecule has 0 radical (unpaired) electrons. The topological polar surface area (TPSA) is 116 Å². The zero-order chi connectivity index (χ0) is 22.0. The third-order valence-electron chi connectivity index (χ3n) is 4.19. The second-order valence-corrected chi connectivity index (χ2v) is 8.74. The van der Waals surface area contributed by atoms with E-state index in [1.54, 1.807) is 30.3 Å². The van der Waals surface area contributed by atoms with E-state index in [1.165, 1.54) is 10.9 Å². The number of nitrogens with one attached hydrogen (secondary N) is 1. The number of hydrogen-bond donors (Lipinski definition) is 1. The standard InChI is InChI=1S/C18H12Cl2FN7O2S/c19-12-4-1-5-14(16(12)20)28-18(25-26-27-28)24-9-11-3-2-7-23-17(11)31(29,30)15-10-22-8-6-13(15)21/h1-8,10H,9H2,(H,24,25,27). The molecule has 0 bridgehead atoms.